The van der Waals surface area contributed by atoms with Crippen LogP contribution in [0.2, 0.25) is 0 Å². The lowest BCUT2D eigenvalue weighted by atomic mass is 10.2. The van der Waals surface area contributed by atoms with E-state index in [2.05, 4.69) is 4.98 Å². The van der Waals surface area contributed by atoms with Gasteiger partial charge in [0.05, 0.1) is 5.69 Å². The first-order valence-corrected chi connectivity index (χ1v) is 9.57. The van der Waals surface area contributed by atoms with E-state index in [1.165, 1.54) is 33.9 Å². The van der Waals surface area contributed by atoms with Gasteiger partial charge in [-0.3, -0.25) is 9.20 Å². The van der Waals surface area contributed by atoms with Gasteiger partial charge in [-0.05, 0) is 29.8 Å². The third-order valence-corrected chi connectivity index (χ3v) is 4.88. The van der Waals surface area contributed by atoms with Crippen molar-refractivity contribution in [2.75, 3.05) is 0 Å². The van der Waals surface area contributed by atoms with E-state index < -0.39 is 5.97 Å². The number of hydrogen-bond donors (Lipinski definition) is 0. The van der Waals surface area contributed by atoms with Crippen LogP contribution in [0, 0.1) is 5.82 Å². The minimum atomic E-state index is -0.590. The molecule has 146 valence electrons. The van der Waals surface area contributed by atoms with Gasteiger partial charge in [-0.2, -0.15) is 0 Å². The Balaban J connectivity index is 1.45. The summed E-state index contributed by atoms with van der Waals surface area (Å²) in [5.74, 6) is -0.567. The highest BCUT2D eigenvalue weighted by atomic mass is 32.1. The highest BCUT2D eigenvalue weighted by Crippen LogP contribution is 2.21. The normalized spacial score (nSPS) is 10.8. The standard InChI is InChI=1S/C21H15FN2O4S/c22-15-7-5-14(6-8-15)12-27-18-4-2-1-3-17(18)20(26)28-13-16-11-19(25)24-9-10-29-21(24)23-16/h1-11H,12-13H2. The Hall–Kier alpha value is -3.52. The van der Waals surface area contributed by atoms with Crippen molar-refractivity contribution in [3.8, 4) is 5.75 Å². The van der Waals surface area contributed by atoms with E-state index in [9.17, 15) is 14.0 Å². The number of carbonyl (C=O) groups is 1. The van der Waals surface area contributed by atoms with Gasteiger partial charge < -0.3 is 9.47 Å². The molecule has 0 radical (unpaired) electrons. The molecule has 0 bridgehead atoms. The van der Waals surface area contributed by atoms with Crippen LogP contribution in [0.25, 0.3) is 4.96 Å². The number of hydrogen-bond acceptors (Lipinski definition) is 6. The molecule has 0 amide bonds. The van der Waals surface area contributed by atoms with Gasteiger partial charge >= 0.3 is 5.97 Å². The molecule has 6 nitrogen and oxygen atoms in total. The van der Waals surface area contributed by atoms with E-state index in [1.807, 2.05) is 0 Å². The second-order valence-electron chi connectivity index (χ2n) is 6.13. The number of carbonyl (C=O) groups excluding carboxylic acids is 1. The van der Waals surface area contributed by atoms with Crippen LogP contribution in [-0.4, -0.2) is 15.4 Å². The zero-order valence-corrected chi connectivity index (χ0v) is 15.9. The molecule has 0 saturated heterocycles. The van der Waals surface area contributed by atoms with E-state index in [0.29, 0.717) is 16.4 Å². The Bertz CT molecular complexity index is 1220. The summed E-state index contributed by atoms with van der Waals surface area (Å²) in [6.45, 7) is 0.0483. The quantitative estimate of drug-likeness (QED) is 0.452. The van der Waals surface area contributed by atoms with Crippen molar-refractivity contribution in [2.24, 2.45) is 0 Å². The Labute approximate surface area is 168 Å². The number of aromatic nitrogens is 2. The number of fused-ring (bicyclic) bond motifs is 1. The van der Waals surface area contributed by atoms with Crippen LogP contribution in [0.3, 0.4) is 0 Å². The van der Waals surface area contributed by atoms with Gasteiger partial charge in [-0.1, -0.05) is 24.3 Å². The average molecular weight is 410 g/mol. The van der Waals surface area contributed by atoms with Crippen molar-refractivity contribution < 1.29 is 18.7 Å². The third kappa shape index (κ3) is 4.33. The van der Waals surface area contributed by atoms with E-state index in [1.54, 1.807) is 48.0 Å². The number of halogens is 1. The largest absolute Gasteiger partial charge is 0.488 e. The monoisotopic (exact) mass is 410 g/mol. The molecule has 2 aromatic carbocycles. The SMILES string of the molecule is O=C(OCc1cc(=O)n2ccsc2n1)c1ccccc1OCc1ccc(F)cc1. The van der Waals surface area contributed by atoms with Gasteiger partial charge in [0.1, 0.15) is 30.3 Å². The Morgan fingerprint density at radius 3 is 2.72 bits per heavy atom. The molecule has 29 heavy (non-hydrogen) atoms. The van der Waals surface area contributed by atoms with Crippen LogP contribution < -0.4 is 10.3 Å². The summed E-state index contributed by atoms with van der Waals surface area (Å²) in [6, 6.07) is 13.9. The van der Waals surface area contributed by atoms with Crippen LogP contribution in [-0.2, 0) is 18.0 Å². The summed E-state index contributed by atoms with van der Waals surface area (Å²) in [7, 11) is 0. The second-order valence-corrected chi connectivity index (χ2v) is 7.00. The molecule has 4 aromatic rings. The molecule has 0 fully saturated rings. The third-order valence-electron chi connectivity index (χ3n) is 4.12. The molecular weight excluding hydrogens is 395 g/mol. The molecule has 8 heteroatoms. The zero-order chi connectivity index (χ0) is 20.2. The first-order chi connectivity index (χ1) is 14.1. The van der Waals surface area contributed by atoms with E-state index in [-0.39, 0.29) is 30.2 Å². The summed E-state index contributed by atoms with van der Waals surface area (Å²) < 4.78 is 25.5. The summed E-state index contributed by atoms with van der Waals surface area (Å²) in [5, 5.41) is 1.76. The molecule has 4 rings (SSSR count). The summed E-state index contributed by atoms with van der Waals surface area (Å²) >= 11 is 1.32. The number of ether oxygens (including phenoxy) is 2. The molecule has 0 aliphatic rings. The molecule has 0 aliphatic heterocycles. The number of esters is 1. The van der Waals surface area contributed by atoms with Crippen LogP contribution in [0.15, 0.2) is 71.0 Å². The van der Waals surface area contributed by atoms with E-state index in [0.717, 1.165) is 5.56 Å². The number of para-hydroxylation sites is 1. The van der Waals surface area contributed by atoms with Gasteiger partial charge in [0.15, 0.2) is 4.96 Å². The molecule has 0 N–H and O–H groups in total. The van der Waals surface area contributed by atoms with Gasteiger partial charge in [-0.15, -0.1) is 11.3 Å². The van der Waals surface area contributed by atoms with Crippen LogP contribution >= 0.6 is 11.3 Å². The highest BCUT2D eigenvalue weighted by molar-refractivity contribution is 7.15. The minimum Gasteiger partial charge on any atom is -0.488 e. The second kappa shape index (κ2) is 8.24. The van der Waals surface area contributed by atoms with Crippen LogP contribution in [0.1, 0.15) is 21.6 Å². The maximum Gasteiger partial charge on any atom is 0.342 e. The van der Waals surface area contributed by atoms with Crippen molar-refractivity contribution in [2.45, 2.75) is 13.2 Å². The maximum absolute atomic E-state index is 13.0. The van der Waals surface area contributed by atoms with Crippen molar-refractivity contribution in [3.63, 3.8) is 0 Å². The fraction of sp³-hybridized carbons (Fsp3) is 0.0952. The predicted octanol–water partition coefficient (Wildman–Crippen LogP) is 3.83. The lowest BCUT2D eigenvalue weighted by Gasteiger charge is -2.11. The van der Waals surface area contributed by atoms with Gasteiger partial charge in [0.2, 0.25) is 0 Å². The topological polar surface area (TPSA) is 69.9 Å². The molecule has 0 atom stereocenters. The molecule has 0 unspecified atom stereocenters. The first-order valence-electron chi connectivity index (χ1n) is 8.69. The Morgan fingerprint density at radius 2 is 1.90 bits per heavy atom. The molecule has 0 spiro atoms. The van der Waals surface area contributed by atoms with Crippen molar-refractivity contribution in [1.82, 2.24) is 9.38 Å². The number of nitrogens with zero attached hydrogens (tertiary/aromatic N) is 2. The average Bonchev–Trinajstić information content (AvgIpc) is 3.21. The number of thiazole rings is 1. The van der Waals surface area contributed by atoms with E-state index in [4.69, 9.17) is 9.47 Å². The smallest absolute Gasteiger partial charge is 0.342 e. The Kier molecular flexibility index (Phi) is 5.35. The lowest BCUT2D eigenvalue weighted by Crippen LogP contribution is -2.15. The van der Waals surface area contributed by atoms with Crippen LogP contribution in [0.4, 0.5) is 4.39 Å². The summed E-state index contributed by atoms with van der Waals surface area (Å²) in [4.78, 5) is 29.4. The van der Waals surface area contributed by atoms with Crippen molar-refractivity contribution in [3.05, 3.63) is 99.2 Å². The molecule has 0 saturated carbocycles. The molecular formula is C21H15FN2O4S. The van der Waals surface area contributed by atoms with Gasteiger partial charge in [0.25, 0.3) is 5.56 Å². The maximum atomic E-state index is 13.0. The zero-order valence-electron chi connectivity index (χ0n) is 15.1. The van der Waals surface area contributed by atoms with Gasteiger partial charge in [-0.25, -0.2) is 14.2 Å². The number of rotatable bonds is 6. The molecule has 0 aliphatic carbocycles. The predicted molar refractivity (Wildman–Crippen MR) is 106 cm³/mol. The molecule has 2 heterocycles. The molecule has 2 aromatic heterocycles. The fourth-order valence-corrected chi connectivity index (χ4v) is 3.42. The fourth-order valence-electron chi connectivity index (χ4n) is 2.68. The van der Waals surface area contributed by atoms with Gasteiger partial charge in [0, 0.05) is 17.6 Å². The van der Waals surface area contributed by atoms with Crippen molar-refractivity contribution >= 4 is 22.3 Å². The Morgan fingerprint density at radius 1 is 1.10 bits per heavy atom. The summed E-state index contributed by atoms with van der Waals surface area (Å²) in [5.41, 5.74) is 1.16. The lowest BCUT2D eigenvalue weighted by molar-refractivity contribution is 0.0462. The van der Waals surface area contributed by atoms with E-state index >= 15 is 0 Å². The van der Waals surface area contributed by atoms with Crippen LogP contribution in [0.5, 0.6) is 5.75 Å². The highest BCUT2D eigenvalue weighted by Gasteiger charge is 2.15. The minimum absolute atomic E-state index is 0.130. The first kappa shape index (κ1) is 18.8. The summed E-state index contributed by atoms with van der Waals surface area (Å²) in [6.07, 6.45) is 1.64. The number of benzene rings is 2. The van der Waals surface area contributed by atoms with Crippen molar-refractivity contribution in [1.29, 1.82) is 0 Å².